The van der Waals surface area contributed by atoms with Crippen molar-refractivity contribution in [2.24, 2.45) is 5.73 Å². The normalized spacial score (nSPS) is 18.3. The van der Waals surface area contributed by atoms with E-state index in [1.165, 1.54) is 9.80 Å². The molecule has 0 saturated carbocycles. The van der Waals surface area contributed by atoms with Crippen molar-refractivity contribution in [3.63, 3.8) is 0 Å². The molecule has 10 heteroatoms. The Labute approximate surface area is 216 Å². The summed E-state index contributed by atoms with van der Waals surface area (Å²) < 4.78 is 5.61. The number of hydrogen-bond donors (Lipinski definition) is 3. The molecule has 1 fully saturated rings. The van der Waals surface area contributed by atoms with Gasteiger partial charge >= 0.3 is 6.09 Å². The van der Waals surface area contributed by atoms with Gasteiger partial charge in [0.25, 0.3) is 0 Å². The smallest absolute Gasteiger partial charge is 0.411 e. The number of hydrogen-bond acceptors (Lipinski definition) is 6. The van der Waals surface area contributed by atoms with Gasteiger partial charge in [-0.25, -0.2) is 4.79 Å². The predicted molar refractivity (Wildman–Crippen MR) is 137 cm³/mol. The van der Waals surface area contributed by atoms with E-state index in [9.17, 15) is 19.5 Å². The number of carbonyl (C=O) groups is 3. The average molecular weight is 517 g/mol. The Balaban J connectivity index is 1.81. The maximum atomic E-state index is 12.8. The van der Waals surface area contributed by atoms with Gasteiger partial charge in [-0.05, 0) is 48.6 Å². The lowest BCUT2D eigenvalue weighted by atomic mass is 9.87. The first kappa shape index (κ1) is 27.4. The van der Waals surface area contributed by atoms with Crippen LogP contribution in [0.5, 0.6) is 0 Å². The van der Waals surface area contributed by atoms with E-state index in [0.717, 1.165) is 17.5 Å². The molecule has 0 radical (unpaired) electrons. The molecule has 3 amide bonds. The van der Waals surface area contributed by atoms with Gasteiger partial charge < -0.3 is 25.4 Å². The largest absolute Gasteiger partial charge is 0.447 e. The number of carbonyl (C=O) groups excluding carboxylic acids is 3. The molecular weight excluding hydrogens is 484 g/mol. The van der Waals surface area contributed by atoms with Crippen molar-refractivity contribution in [1.82, 2.24) is 9.80 Å². The molecule has 194 valence electrons. The van der Waals surface area contributed by atoms with Crippen molar-refractivity contribution in [1.29, 1.82) is 0 Å². The van der Waals surface area contributed by atoms with Gasteiger partial charge in [-0.1, -0.05) is 48.9 Å². The fourth-order valence-electron chi connectivity index (χ4n) is 4.35. The predicted octanol–water partition coefficient (Wildman–Crippen LogP) is 2.79. The van der Waals surface area contributed by atoms with Crippen LogP contribution in [0, 0.1) is 0 Å². The fraction of sp³-hybridized carbons (Fsp3) is 0.423. The highest BCUT2D eigenvalue weighted by Gasteiger charge is 2.44. The maximum absolute atomic E-state index is 12.8. The number of benzene rings is 2. The van der Waals surface area contributed by atoms with Crippen LogP contribution < -0.4 is 11.1 Å². The molecule has 2 aromatic rings. The molecule has 1 unspecified atom stereocenters. The van der Waals surface area contributed by atoms with Crippen LogP contribution in [0.25, 0.3) is 0 Å². The molecule has 0 spiro atoms. The second-order valence-electron chi connectivity index (χ2n) is 8.95. The van der Waals surface area contributed by atoms with E-state index in [2.05, 4.69) is 5.32 Å². The van der Waals surface area contributed by atoms with Crippen molar-refractivity contribution in [3.05, 3.63) is 64.7 Å². The van der Waals surface area contributed by atoms with Gasteiger partial charge in [0.1, 0.15) is 12.6 Å². The van der Waals surface area contributed by atoms with Crippen LogP contribution in [0.3, 0.4) is 0 Å². The molecular formula is C26H33ClN4O5. The van der Waals surface area contributed by atoms with Crippen LogP contribution in [0.4, 0.5) is 10.5 Å². The van der Waals surface area contributed by atoms with Gasteiger partial charge in [0.2, 0.25) is 12.3 Å². The topological polar surface area (TPSA) is 125 Å². The number of piperidine rings is 1. The first-order chi connectivity index (χ1) is 17.3. The number of nitrogens with two attached hydrogens (primary N) is 1. The zero-order chi connectivity index (χ0) is 26.1. The Kier molecular flexibility index (Phi) is 9.69. The van der Waals surface area contributed by atoms with Gasteiger partial charge in [0.05, 0.1) is 12.1 Å². The van der Waals surface area contributed by atoms with E-state index in [1.807, 2.05) is 31.2 Å². The summed E-state index contributed by atoms with van der Waals surface area (Å²) in [7, 11) is 0. The van der Waals surface area contributed by atoms with Crippen molar-refractivity contribution in [3.8, 4) is 0 Å². The zero-order valence-electron chi connectivity index (χ0n) is 20.4. The highest BCUT2D eigenvalue weighted by atomic mass is 35.5. The van der Waals surface area contributed by atoms with Crippen LogP contribution in [-0.4, -0.2) is 71.2 Å². The average Bonchev–Trinajstić information content (AvgIpc) is 2.91. The minimum absolute atomic E-state index is 0.0984. The van der Waals surface area contributed by atoms with Gasteiger partial charge in [-0.3, -0.25) is 14.9 Å². The summed E-state index contributed by atoms with van der Waals surface area (Å²) >= 11 is 6.34. The molecule has 1 saturated heterocycles. The summed E-state index contributed by atoms with van der Waals surface area (Å²) in [5, 5.41) is 12.6. The second-order valence-corrected chi connectivity index (χ2v) is 9.36. The summed E-state index contributed by atoms with van der Waals surface area (Å²) in [6.45, 7) is 2.09. The van der Waals surface area contributed by atoms with Gasteiger partial charge in [0.15, 0.2) is 0 Å². The number of aliphatic hydroxyl groups is 1. The molecule has 1 heterocycles. The van der Waals surface area contributed by atoms with E-state index in [4.69, 9.17) is 22.1 Å². The third-order valence-corrected chi connectivity index (χ3v) is 6.87. The van der Waals surface area contributed by atoms with Crippen LogP contribution in [0.1, 0.15) is 30.9 Å². The molecule has 9 nitrogen and oxygen atoms in total. The highest BCUT2D eigenvalue weighted by molar-refractivity contribution is 6.31. The number of nitrogens with zero attached hydrogens (tertiary/aromatic N) is 2. The lowest BCUT2D eigenvalue weighted by molar-refractivity contribution is -0.143. The van der Waals surface area contributed by atoms with Gasteiger partial charge in [-0.2, -0.15) is 0 Å². The molecule has 2 atom stereocenters. The number of halogens is 1. The van der Waals surface area contributed by atoms with E-state index >= 15 is 0 Å². The number of rotatable bonds is 10. The summed E-state index contributed by atoms with van der Waals surface area (Å²) in [5.41, 5.74) is 7.22. The molecule has 1 aliphatic heterocycles. The SMILES string of the molecule is CCc1ccc(NC(=O)OCC2(N(C=O)Cc3ccccc3Cl)CCCN(C(=O)[C@@H](N)CO)C2)cc1. The van der Waals surface area contributed by atoms with Gasteiger partial charge in [0, 0.05) is 30.3 Å². The van der Waals surface area contributed by atoms with E-state index in [1.54, 1.807) is 24.3 Å². The number of aryl methyl sites for hydroxylation is 1. The van der Waals surface area contributed by atoms with E-state index in [0.29, 0.717) is 36.5 Å². The minimum atomic E-state index is -1.07. The second kappa shape index (κ2) is 12.7. The summed E-state index contributed by atoms with van der Waals surface area (Å²) in [6.07, 6.45) is 1.95. The number of aliphatic hydroxyl groups excluding tert-OH is 1. The van der Waals surface area contributed by atoms with Crippen molar-refractivity contribution >= 4 is 35.7 Å². The standard InChI is InChI=1S/C26H33ClN4O5/c1-2-19-8-10-21(11-9-19)29-25(35)36-17-26(12-5-13-30(16-26)24(34)23(28)15-32)31(18-33)14-20-6-3-4-7-22(20)27/h3-4,6-11,18,23,32H,2,5,12-17,28H2,1H3,(H,29,35)/t23-,26?/m0/s1. The van der Waals surface area contributed by atoms with Crippen LogP contribution >= 0.6 is 11.6 Å². The molecule has 2 aromatic carbocycles. The first-order valence-corrected chi connectivity index (χ1v) is 12.3. The summed E-state index contributed by atoms with van der Waals surface area (Å²) in [6, 6.07) is 13.5. The minimum Gasteiger partial charge on any atom is -0.447 e. The quantitative estimate of drug-likeness (QED) is 0.417. The molecule has 3 rings (SSSR count). The Bertz CT molecular complexity index is 1050. The van der Waals surface area contributed by atoms with Crippen LogP contribution in [-0.2, 0) is 27.3 Å². The third kappa shape index (κ3) is 6.75. The Morgan fingerprint density at radius 1 is 1.28 bits per heavy atom. The maximum Gasteiger partial charge on any atom is 0.411 e. The lowest BCUT2D eigenvalue weighted by Gasteiger charge is -2.48. The molecule has 4 N–H and O–H groups in total. The summed E-state index contributed by atoms with van der Waals surface area (Å²) in [5.74, 6) is -0.425. The van der Waals surface area contributed by atoms with Crippen LogP contribution in [0.15, 0.2) is 48.5 Å². The molecule has 0 bridgehead atoms. The first-order valence-electron chi connectivity index (χ1n) is 11.9. The molecule has 0 aliphatic carbocycles. The van der Waals surface area contributed by atoms with Crippen molar-refractivity contribution in [2.45, 2.75) is 44.3 Å². The number of amides is 3. The summed E-state index contributed by atoms with van der Waals surface area (Å²) in [4.78, 5) is 40.8. The molecule has 0 aromatic heterocycles. The highest BCUT2D eigenvalue weighted by Crippen LogP contribution is 2.31. The number of likely N-dealkylation sites (tertiary alicyclic amines) is 1. The molecule has 1 aliphatic rings. The Morgan fingerprint density at radius 3 is 2.64 bits per heavy atom. The van der Waals surface area contributed by atoms with Crippen molar-refractivity contribution in [2.75, 3.05) is 31.6 Å². The fourth-order valence-corrected chi connectivity index (χ4v) is 4.55. The Hall–Kier alpha value is -3.14. The number of ether oxygens (including phenoxy) is 1. The third-order valence-electron chi connectivity index (χ3n) is 6.50. The van der Waals surface area contributed by atoms with E-state index < -0.39 is 30.2 Å². The van der Waals surface area contributed by atoms with Crippen LogP contribution in [0.2, 0.25) is 5.02 Å². The molecule has 36 heavy (non-hydrogen) atoms. The lowest BCUT2D eigenvalue weighted by Crippen LogP contribution is -2.63. The Morgan fingerprint density at radius 2 is 2.00 bits per heavy atom. The number of anilines is 1. The number of nitrogens with one attached hydrogen (secondary N) is 1. The monoisotopic (exact) mass is 516 g/mol. The van der Waals surface area contributed by atoms with E-state index in [-0.39, 0.29) is 19.7 Å². The zero-order valence-corrected chi connectivity index (χ0v) is 21.1. The van der Waals surface area contributed by atoms with Gasteiger partial charge in [-0.15, -0.1) is 0 Å². The van der Waals surface area contributed by atoms with Crippen molar-refractivity contribution < 1.29 is 24.2 Å².